The monoisotopic (exact) mass is 596 g/mol. The van der Waals surface area contributed by atoms with Crippen LogP contribution in [-0.4, -0.2) is 0 Å². The highest BCUT2D eigenvalue weighted by Crippen LogP contribution is 2.48. The molecule has 47 heavy (non-hydrogen) atoms. The third-order valence-corrected chi connectivity index (χ3v) is 9.83. The number of hydrogen-bond donors (Lipinski definition) is 0. The van der Waals surface area contributed by atoms with E-state index in [-0.39, 0.29) is 0 Å². The van der Waals surface area contributed by atoms with Gasteiger partial charge in [-0.25, -0.2) is 0 Å². The van der Waals surface area contributed by atoms with Gasteiger partial charge in [0.25, 0.3) is 0 Å². The lowest BCUT2D eigenvalue weighted by molar-refractivity contribution is 0.669. The molecule has 0 aliphatic rings. The summed E-state index contributed by atoms with van der Waals surface area (Å²) >= 11 is 0. The van der Waals surface area contributed by atoms with E-state index >= 15 is 0 Å². The Morgan fingerprint density at radius 1 is 0.277 bits per heavy atom. The molecule has 1 nitrogen and oxygen atoms in total. The molecule has 0 atom stereocenters. The maximum atomic E-state index is 6.37. The lowest BCUT2D eigenvalue weighted by Gasteiger charge is -2.21. The van der Waals surface area contributed by atoms with Gasteiger partial charge >= 0.3 is 0 Å². The standard InChI is InChI=1S/C46H28O/c1-2-14-31-27-42(41(26-30(31)13-1)34-22-11-15-29-12-3-4-16-33(29)34)46-39-20-7-5-18-37(39)45(38-19-6-8-21-40(38)46)32-24-25-36-35-17-9-10-23-43(35)47-44(36)28-32/h1-28H. The Kier molecular flexibility index (Phi) is 5.64. The van der Waals surface area contributed by atoms with Crippen molar-refractivity contribution in [2.45, 2.75) is 0 Å². The van der Waals surface area contributed by atoms with E-state index in [1.54, 1.807) is 0 Å². The fourth-order valence-corrected chi connectivity index (χ4v) is 7.74. The summed E-state index contributed by atoms with van der Waals surface area (Å²) < 4.78 is 6.37. The van der Waals surface area contributed by atoms with Gasteiger partial charge in [0.2, 0.25) is 0 Å². The Balaban J connectivity index is 1.33. The molecule has 218 valence electrons. The average Bonchev–Trinajstić information content (AvgIpc) is 3.51. The molecule has 1 aromatic heterocycles. The molecule has 0 aliphatic heterocycles. The maximum Gasteiger partial charge on any atom is 0.136 e. The molecule has 0 bridgehead atoms. The predicted molar refractivity (Wildman–Crippen MR) is 200 cm³/mol. The molecule has 10 aromatic rings. The van der Waals surface area contributed by atoms with Crippen LogP contribution >= 0.6 is 0 Å². The normalized spacial score (nSPS) is 11.8. The zero-order valence-corrected chi connectivity index (χ0v) is 25.6. The topological polar surface area (TPSA) is 13.1 Å². The van der Waals surface area contributed by atoms with Gasteiger partial charge in [-0.3, -0.25) is 0 Å². The highest BCUT2D eigenvalue weighted by atomic mass is 16.3. The first-order valence-corrected chi connectivity index (χ1v) is 16.2. The van der Waals surface area contributed by atoms with Crippen LogP contribution in [0.15, 0.2) is 174 Å². The van der Waals surface area contributed by atoms with Gasteiger partial charge in [-0.1, -0.05) is 140 Å². The van der Waals surface area contributed by atoms with Crippen LogP contribution in [0.2, 0.25) is 0 Å². The van der Waals surface area contributed by atoms with Crippen molar-refractivity contribution in [1.29, 1.82) is 0 Å². The zero-order chi connectivity index (χ0) is 30.9. The van der Waals surface area contributed by atoms with E-state index in [4.69, 9.17) is 4.42 Å². The molecule has 0 radical (unpaired) electrons. The number of para-hydroxylation sites is 1. The highest BCUT2D eigenvalue weighted by molar-refractivity contribution is 6.24. The molecular formula is C46H28O. The van der Waals surface area contributed by atoms with Gasteiger partial charge < -0.3 is 4.42 Å². The van der Waals surface area contributed by atoms with Gasteiger partial charge in [0.05, 0.1) is 0 Å². The molecule has 0 fully saturated rings. The van der Waals surface area contributed by atoms with Gasteiger partial charge in [0.15, 0.2) is 0 Å². The number of benzene rings is 9. The number of rotatable bonds is 3. The quantitative estimate of drug-likeness (QED) is 0.185. The van der Waals surface area contributed by atoms with Crippen LogP contribution in [0.3, 0.4) is 0 Å². The smallest absolute Gasteiger partial charge is 0.136 e. The van der Waals surface area contributed by atoms with Crippen LogP contribution in [0.1, 0.15) is 0 Å². The van der Waals surface area contributed by atoms with Crippen molar-refractivity contribution in [3.8, 4) is 33.4 Å². The summed E-state index contributed by atoms with van der Waals surface area (Å²) in [6, 6.07) is 61.7. The highest BCUT2D eigenvalue weighted by Gasteiger charge is 2.21. The largest absolute Gasteiger partial charge is 0.456 e. The molecule has 0 saturated heterocycles. The van der Waals surface area contributed by atoms with Gasteiger partial charge in [0, 0.05) is 10.8 Å². The van der Waals surface area contributed by atoms with E-state index in [1.807, 2.05) is 12.1 Å². The first kappa shape index (κ1) is 26.1. The van der Waals surface area contributed by atoms with E-state index < -0.39 is 0 Å². The number of fused-ring (bicyclic) bond motifs is 7. The van der Waals surface area contributed by atoms with E-state index in [1.165, 1.54) is 70.9 Å². The predicted octanol–water partition coefficient (Wildman–Crippen LogP) is 13.2. The fourth-order valence-electron chi connectivity index (χ4n) is 7.74. The third kappa shape index (κ3) is 3.97. The van der Waals surface area contributed by atoms with E-state index in [0.29, 0.717) is 0 Å². The average molecular weight is 597 g/mol. The molecular weight excluding hydrogens is 569 g/mol. The Bertz CT molecular complexity index is 2790. The molecule has 10 rings (SSSR count). The Labute approximate surface area is 271 Å². The lowest BCUT2D eigenvalue weighted by Crippen LogP contribution is -1.93. The molecule has 0 N–H and O–H groups in total. The van der Waals surface area contributed by atoms with E-state index in [2.05, 4.69) is 158 Å². The maximum absolute atomic E-state index is 6.37. The van der Waals surface area contributed by atoms with Crippen molar-refractivity contribution >= 4 is 65.0 Å². The molecule has 1 heteroatoms. The zero-order valence-electron chi connectivity index (χ0n) is 25.6. The second-order valence-electron chi connectivity index (χ2n) is 12.4. The molecule has 1 heterocycles. The van der Waals surface area contributed by atoms with Crippen molar-refractivity contribution in [1.82, 2.24) is 0 Å². The van der Waals surface area contributed by atoms with Crippen molar-refractivity contribution in [3.05, 3.63) is 170 Å². The van der Waals surface area contributed by atoms with Crippen LogP contribution in [0.4, 0.5) is 0 Å². The molecule has 0 amide bonds. The first-order valence-electron chi connectivity index (χ1n) is 16.2. The summed E-state index contributed by atoms with van der Waals surface area (Å²) in [4.78, 5) is 0. The van der Waals surface area contributed by atoms with Crippen LogP contribution in [0.5, 0.6) is 0 Å². The summed E-state index contributed by atoms with van der Waals surface area (Å²) in [7, 11) is 0. The minimum Gasteiger partial charge on any atom is -0.456 e. The molecule has 0 aliphatic carbocycles. The fraction of sp³-hybridized carbons (Fsp3) is 0. The van der Waals surface area contributed by atoms with Crippen molar-refractivity contribution < 1.29 is 4.42 Å². The minimum absolute atomic E-state index is 0.911. The molecule has 9 aromatic carbocycles. The third-order valence-electron chi connectivity index (χ3n) is 9.83. The lowest BCUT2D eigenvalue weighted by atomic mass is 9.82. The van der Waals surface area contributed by atoms with Crippen molar-refractivity contribution in [2.75, 3.05) is 0 Å². The first-order chi connectivity index (χ1) is 23.3. The van der Waals surface area contributed by atoms with Crippen molar-refractivity contribution in [3.63, 3.8) is 0 Å². The minimum atomic E-state index is 0.911. The van der Waals surface area contributed by atoms with Crippen molar-refractivity contribution in [2.24, 2.45) is 0 Å². The summed E-state index contributed by atoms with van der Waals surface area (Å²) in [5.41, 5.74) is 9.21. The van der Waals surface area contributed by atoms with E-state index in [0.717, 1.165) is 27.5 Å². The van der Waals surface area contributed by atoms with Gasteiger partial charge in [-0.2, -0.15) is 0 Å². The van der Waals surface area contributed by atoms with Gasteiger partial charge in [-0.05, 0) is 107 Å². The van der Waals surface area contributed by atoms with Crippen LogP contribution < -0.4 is 0 Å². The molecule has 0 spiro atoms. The second-order valence-corrected chi connectivity index (χ2v) is 12.4. The number of furan rings is 1. The van der Waals surface area contributed by atoms with Crippen LogP contribution in [0, 0.1) is 0 Å². The van der Waals surface area contributed by atoms with Gasteiger partial charge in [-0.15, -0.1) is 0 Å². The SMILES string of the molecule is c1ccc2cc(-c3c4ccccc4c(-c4ccc5c(c4)oc4ccccc45)c4ccccc34)c(-c3cccc4ccccc34)cc2c1. The Morgan fingerprint density at radius 3 is 1.49 bits per heavy atom. The Hall–Kier alpha value is -6.18. The summed E-state index contributed by atoms with van der Waals surface area (Å²) in [6.45, 7) is 0. The Morgan fingerprint density at radius 2 is 0.787 bits per heavy atom. The van der Waals surface area contributed by atoms with Gasteiger partial charge in [0.1, 0.15) is 11.2 Å². The second kappa shape index (κ2) is 10.2. The summed E-state index contributed by atoms with van der Waals surface area (Å²) in [5, 5.41) is 12.2. The number of hydrogen-bond acceptors (Lipinski definition) is 1. The molecule has 0 saturated carbocycles. The summed E-state index contributed by atoms with van der Waals surface area (Å²) in [6.07, 6.45) is 0. The van der Waals surface area contributed by atoms with E-state index in [9.17, 15) is 0 Å². The molecule has 0 unspecified atom stereocenters. The van der Waals surface area contributed by atoms with Crippen LogP contribution in [0.25, 0.3) is 98.4 Å². The summed E-state index contributed by atoms with van der Waals surface area (Å²) in [5.74, 6) is 0. The van der Waals surface area contributed by atoms with Crippen LogP contribution in [-0.2, 0) is 0 Å².